The van der Waals surface area contributed by atoms with Gasteiger partial charge in [-0.3, -0.25) is 0 Å². The third-order valence-electron chi connectivity index (χ3n) is 3.81. The first-order chi connectivity index (χ1) is 12.9. The molecule has 11 heteroatoms. The van der Waals surface area contributed by atoms with Crippen molar-refractivity contribution in [1.29, 1.82) is 0 Å². The Bertz CT molecular complexity index is 961. The quantitative estimate of drug-likeness (QED) is 0.379. The molecule has 0 amide bonds. The van der Waals surface area contributed by atoms with Crippen molar-refractivity contribution in [2.24, 2.45) is 0 Å². The van der Waals surface area contributed by atoms with E-state index < -0.39 is 6.10 Å². The van der Waals surface area contributed by atoms with Crippen LogP contribution in [0.15, 0.2) is 12.1 Å². The molecule has 0 fully saturated rings. The molecule has 1 atom stereocenters. The molecule has 5 N–H and O–H groups in total. The lowest BCUT2D eigenvalue weighted by Gasteiger charge is -2.12. The van der Waals surface area contributed by atoms with E-state index in [4.69, 9.17) is 11.6 Å². The maximum Gasteiger partial charge on any atom is 0.226 e. The average molecular weight is 394 g/mol. The highest BCUT2D eigenvalue weighted by molar-refractivity contribution is 6.32. The van der Waals surface area contributed by atoms with Gasteiger partial charge in [-0.1, -0.05) is 16.8 Å². The van der Waals surface area contributed by atoms with Crippen molar-refractivity contribution >= 4 is 34.5 Å². The lowest BCUT2D eigenvalue weighted by molar-refractivity contribution is 0.208. The van der Waals surface area contributed by atoms with Gasteiger partial charge in [0.05, 0.1) is 11.1 Å². The molecule has 2 aromatic heterocycles. The summed E-state index contributed by atoms with van der Waals surface area (Å²) in [6.45, 7) is 4.59. The highest BCUT2D eigenvalue weighted by Crippen LogP contribution is 2.31. The van der Waals surface area contributed by atoms with Gasteiger partial charge in [-0.2, -0.15) is 9.97 Å². The molecule has 0 saturated heterocycles. The number of aromatic nitrogens is 5. The highest BCUT2D eigenvalue weighted by atomic mass is 35.5. The second-order valence-corrected chi connectivity index (χ2v) is 6.40. The van der Waals surface area contributed by atoms with E-state index in [1.807, 2.05) is 6.92 Å². The van der Waals surface area contributed by atoms with Gasteiger partial charge in [0.1, 0.15) is 11.5 Å². The summed E-state index contributed by atoms with van der Waals surface area (Å²) in [4.78, 5) is 8.77. The molecule has 0 radical (unpaired) electrons. The largest absolute Gasteiger partial charge is 0.508 e. The Labute approximate surface area is 159 Å². The number of nitrogens with zero attached hydrogens (tertiary/aromatic N) is 5. The van der Waals surface area contributed by atoms with E-state index in [1.54, 1.807) is 11.6 Å². The van der Waals surface area contributed by atoms with Gasteiger partial charge < -0.3 is 26.0 Å². The summed E-state index contributed by atoms with van der Waals surface area (Å²) in [5, 5.41) is 43.5. The van der Waals surface area contributed by atoms with Crippen molar-refractivity contribution in [3.63, 3.8) is 0 Å². The molecule has 0 aliphatic heterocycles. The molecule has 1 aromatic carbocycles. The second-order valence-electron chi connectivity index (χ2n) is 5.99. The monoisotopic (exact) mass is 393 g/mol. The minimum atomic E-state index is -0.566. The Balaban J connectivity index is 1.92. The molecule has 3 rings (SSSR count). The Morgan fingerprint density at radius 3 is 2.67 bits per heavy atom. The zero-order valence-corrected chi connectivity index (χ0v) is 15.6. The van der Waals surface area contributed by atoms with Gasteiger partial charge in [-0.05, 0) is 19.9 Å². The molecular weight excluding hydrogens is 374 g/mol. The van der Waals surface area contributed by atoms with Gasteiger partial charge in [0.15, 0.2) is 17.0 Å². The summed E-state index contributed by atoms with van der Waals surface area (Å²) in [6, 6.07) is 2.64. The van der Waals surface area contributed by atoms with E-state index in [9.17, 15) is 15.3 Å². The molecule has 1 unspecified atom stereocenters. The van der Waals surface area contributed by atoms with Crippen LogP contribution in [0.4, 0.5) is 11.8 Å². The van der Waals surface area contributed by atoms with Crippen molar-refractivity contribution in [1.82, 2.24) is 25.0 Å². The molecule has 3 aromatic rings. The minimum Gasteiger partial charge on any atom is -0.508 e. The first-order valence-electron chi connectivity index (χ1n) is 8.36. The predicted molar refractivity (Wildman–Crippen MR) is 101 cm³/mol. The second kappa shape index (κ2) is 7.80. The van der Waals surface area contributed by atoms with Crippen LogP contribution >= 0.6 is 11.6 Å². The number of phenolic OH excluding ortho intramolecular Hbond substituents is 2. The molecule has 0 spiro atoms. The minimum absolute atomic E-state index is 0.0553. The van der Waals surface area contributed by atoms with E-state index in [0.29, 0.717) is 35.0 Å². The normalized spacial score (nSPS) is 12.3. The van der Waals surface area contributed by atoms with Gasteiger partial charge in [-0.15, -0.1) is 5.10 Å². The molecule has 0 saturated carbocycles. The van der Waals surface area contributed by atoms with Crippen LogP contribution in [0.25, 0.3) is 11.2 Å². The first-order valence-corrected chi connectivity index (χ1v) is 8.74. The SMILES string of the molecule is CCn1nnc2c(NCc3cc(O)c(Cl)cc3O)nc(NCC(C)O)nc21. The molecule has 0 bridgehead atoms. The number of hydrogen-bond donors (Lipinski definition) is 5. The maximum absolute atomic E-state index is 10.0. The Morgan fingerprint density at radius 2 is 1.96 bits per heavy atom. The Kier molecular flexibility index (Phi) is 5.47. The molecule has 0 aliphatic carbocycles. The zero-order valence-electron chi connectivity index (χ0n) is 14.8. The topological polar surface area (TPSA) is 141 Å². The number of benzene rings is 1. The average Bonchev–Trinajstić information content (AvgIpc) is 3.04. The van der Waals surface area contributed by atoms with Crippen molar-refractivity contribution in [3.05, 3.63) is 22.7 Å². The van der Waals surface area contributed by atoms with Crippen LogP contribution in [0.2, 0.25) is 5.02 Å². The van der Waals surface area contributed by atoms with E-state index >= 15 is 0 Å². The van der Waals surface area contributed by atoms with E-state index in [-0.39, 0.29) is 29.6 Å². The van der Waals surface area contributed by atoms with Crippen LogP contribution in [0.3, 0.4) is 0 Å². The number of aliphatic hydroxyl groups is 1. The van der Waals surface area contributed by atoms with E-state index in [1.165, 1.54) is 12.1 Å². The van der Waals surface area contributed by atoms with Crippen molar-refractivity contribution in [2.75, 3.05) is 17.2 Å². The van der Waals surface area contributed by atoms with Crippen molar-refractivity contribution < 1.29 is 15.3 Å². The van der Waals surface area contributed by atoms with Crippen LogP contribution in [-0.2, 0) is 13.1 Å². The summed E-state index contributed by atoms with van der Waals surface area (Å²) >= 11 is 5.78. The van der Waals surface area contributed by atoms with E-state index in [2.05, 4.69) is 30.9 Å². The molecular formula is C16H20ClN7O3. The summed E-state index contributed by atoms with van der Waals surface area (Å²) in [5.74, 6) is 0.531. The molecule has 144 valence electrons. The zero-order chi connectivity index (χ0) is 19.6. The van der Waals surface area contributed by atoms with Crippen LogP contribution in [0.5, 0.6) is 11.5 Å². The van der Waals surface area contributed by atoms with Crippen molar-refractivity contribution in [3.8, 4) is 11.5 Å². The summed E-state index contributed by atoms with van der Waals surface area (Å²) in [6.07, 6.45) is -0.566. The Morgan fingerprint density at radius 1 is 1.19 bits per heavy atom. The molecule has 10 nitrogen and oxygen atoms in total. The maximum atomic E-state index is 10.0. The number of halogens is 1. The van der Waals surface area contributed by atoms with Crippen LogP contribution in [0, 0.1) is 0 Å². The smallest absolute Gasteiger partial charge is 0.226 e. The number of anilines is 2. The van der Waals surface area contributed by atoms with Crippen LogP contribution in [0.1, 0.15) is 19.4 Å². The Hall–Kier alpha value is -2.85. The number of phenols is 2. The fourth-order valence-corrected chi connectivity index (χ4v) is 2.58. The first kappa shape index (κ1) is 18.9. The molecule has 2 heterocycles. The van der Waals surface area contributed by atoms with Gasteiger partial charge in [0.2, 0.25) is 5.95 Å². The summed E-state index contributed by atoms with van der Waals surface area (Å²) < 4.78 is 1.63. The fourth-order valence-electron chi connectivity index (χ4n) is 2.43. The van der Waals surface area contributed by atoms with Gasteiger partial charge in [0.25, 0.3) is 0 Å². The van der Waals surface area contributed by atoms with Crippen LogP contribution in [-0.4, -0.2) is 52.9 Å². The van der Waals surface area contributed by atoms with Gasteiger partial charge >= 0.3 is 0 Å². The lowest BCUT2D eigenvalue weighted by Crippen LogP contribution is -2.17. The van der Waals surface area contributed by atoms with E-state index in [0.717, 1.165) is 0 Å². The summed E-state index contributed by atoms with van der Waals surface area (Å²) in [7, 11) is 0. The highest BCUT2D eigenvalue weighted by Gasteiger charge is 2.15. The van der Waals surface area contributed by atoms with Crippen molar-refractivity contribution in [2.45, 2.75) is 33.0 Å². The molecule has 27 heavy (non-hydrogen) atoms. The third kappa shape index (κ3) is 4.12. The fraction of sp³-hybridized carbons (Fsp3) is 0.375. The third-order valence-corrected chi connectivity index (χ3v) is 4.12. The van der Waals surface area contributed by atoms with Gasteiger partial charge in [0, 0.05) is 31.3 Å². The number of fused-ring (bicyclic) bond motifs is 1. The number of hydrogen-bond acceptors (Lipinski definition) is 9. The number of rotatable bonds is 7. The lowest BCUT2D eigenvalue weighted by atomic mass is 10.2. The van der Waals surface area contributed by atoms with Gasteiger partial charge in [-0.25, -0.2) is 4.68 Å². The predicted octanol–water partition coefficient (Wildman–Crippen LogP) is 1.71. The number of nitrogens with one attached hydrogen (secondary N) is 2. The summed E-state index contributed by atoms with van der Waals surface area (Å²) in [5.41, 5.74) is 1.44. The number of aliphatic hydroxyl groups excluding tert-OH is 1. The molecule has 0 aliphatic rings. The standard InChI is InChI=1S/C16H20ClN7O3/c1-3-24-15-13(22-23-24)14(20-16(21-15)19-6-8(2)25)18-7-9-4-12(27)10(17)5-11(9)26/h4-5,8,25-27H,3,6-7H2,1-2H3,(H2,18,19,20,21). The number of aryl methyl sites for hydroxylation is 1. The number of aromatic hydroxyl groups is 2. The van der Waals surface area contributed by atoms with Crippen LogP contribution < -0.4 is 10.6 Å².